The van der Waals surface area contributed by atoms with E-state index in [1.54, 1.807) is 11.8 Å². The quantitative estimate of drug-likeness (QED) is 0.123. The highest BCUT2D eigenvalue weighted by atomic mass is 127. The van der Waals surface area contributed by atoms with Crippen molar-refractivity contribution in [1.82, 2.24) is 25.8 Å². The molecule has 0 aliphatic rings. The number of nitrogens with zero attached hydrogens (tertiary/aromatic N) is 3. The number of guanidine groups is 1. The largest absolute Gasteiger partial charge is 0.357 e. The lowest BCUT2D eigenvalue weighted by Crippen LogP contribution is -2.37. The molecule has 1 heterocycles. The van der Waals surface area contributed by atoms with Gasteiger partial charge in [0, 0.05) is 23.5 Å². The molecule has 0 amide bonds. The van der Waals surface area contributed by atoms with Crippen molar-refractivity contribution in [2.24, 2.45) is 4.99 Å². The van der Waals surface area contributed by atoms with Crippen LogP contribution in [-0.2, 0) is 6.54 Å². The second-order valence-corrected chi connectivity index (χ2v) is 7.48. The van der Waals surface area contributed by atoms with Gasteiger partial charge in [-0.1, -0.05) is 18.2 Å². The Morgan fingerprint density at radius 1 is 1.17 bits per heavy atom. The number of nitrogens with one attached hydrogen (secondary N) is 3. The number of hydrogen-bond donors (Lipinski definition) is 3. The first-order chi connectivity index (χ1) is 14.2. The molecule has 6 nitrogen and oxygen atoms in total. The molecule has 9 heteroatoms. The van der Waals surface area contributed by atoms with Gasteiger partial charge in [-0.15, -0.1) is 35.7 Å². The van der Waals surface area contributed by atoms with Gasteiger partial charge in [-0.25, -0.2) is 14.4 Å². The average molecular weight is 540 g/mol. The summed E-state index contributed by atoms with van der Waals surface area (Å²) in [5.41, 5.74) is 2.09. The second kappa shape index (κ2) is 13.2. The van der Waals surface area contributed by atoms with E-state index in [4.69, 9.17) is 0 Å². The standard InChI is InChI=1S/C21H25FN6S.HI/c1-2-23-21(24-11-4-12-29-19-9-7-18(22)8-10-19)25-14-16-5-3-6-17(13-16)20-26-15-27-28-20;/h3,5-10,13,15H,2,4,11-12,14H2,1H3,(H2,23,24,25)(H,26,27,28);1H. The van der Waals surface area contributed by atoms with Crippen LogP contribution in [-0.4, -0.2) is 40.0 Å². The number of aliphatic imine (C=N–C) groups is 1. The molecule has 160 valence electrons. The Kier molecular flexibility index (Phi) is 10.6. The highest BCUT2D eigenvalue weighted by molar-refractivity contribution is 14.0. The van der Waals surface area contributed by atoms with E-state index < -0.39 is 0 Å². The molecule has 0 aliphatic heterocycles. The average Bonchev–Trinajstić information content (AvgIpc) is 3.28. The molecule has 3 rings (SSSR count). The van der Waals surface area contributed by atoms with Gasteiger partial charge in [0.2, 0.25) is 0 Å². The lowest BCUT2D eigenvalue weighted by Gasteiger charge is -2.11. The van der Waals surface area contributed by atoms with Crippen LogP contribution < -0.4 is 10.6 Å². The molecule has 3 aromatic rings. The summed E-state index contributed by atoms with van der Waals surface area (Å²) in [5.74, 6) is 2.30. The van der Waals surface area contributed by atoms with Gasteiger partial charge < -0.3 is 10.6 Å². The van der Waals surface area contributed by atoms with Crippen LogP contribution in [0.2, 0.25) is 0 Å². The van der Waals surface area contributed by atoms with Crippen LogP contribution in [0.25, 0.3) is 11.4 Å². The summed E-state index contributed by atoms with van der Waals surface area (Å²) >= 11 is 1.72. The van der Waals surface area contributed by atoms with Crippen molar-refractivity contribution < 1.29 is 4.39 Å². The summed E-state index contributed by atoms with van der Waals surface area (Å²) < 4.78 is 12.9. The third-order valence-electron chi connectivity index (χ3n) is 4.08. The van der Waals surface area contributed by atoms with Crippen LogP contribution in [0.15, 0.2) is 64.7 Å². The minimum absolute atomic E-state index is 0. The van der Waals surface area contributed by atoms with Gasteiger partial charge in [-0.05, 0) is 55.0 Å². The van der Waals surface area contributed by atoms with Gasteiger partial charge in [0.05, 0.1) is 6.54 Å². The highest BCUT2D eigenvalue weighted by Gasteiger charge is 2.03. The van der Waals surface area contributed by atoms with Crippen molar-refractivity contribution in [3.8, 4) is 11.4 Å². The Balaban J connectivity index is 0.00000320. The number of hydrogen-bond acceptors (Lipinski definition) is 4. The van der Waals surface area contributed by atoms with Crippen molar-refractivity contribution in [1.29, 1.82) is 0 Å². The number of aromatic nitrogens is 3. The minimum Gasteiger partial charge on any atom is -0.357 e. The Morgan fingerprint density at radius 3 is 2.73 bits per heavy atom. The van der Waals surface area contributed by atoms with Crippen molar-refractivity contribution >= 4 is 41.7 Å². The third kappa shape index (κ3) is 7.94. The van der Waals surface area contributed by atoms with E-state index in [0.29, 0.717) is 6.54 Å². The molecule has 0 saturated heterocycles. The van der Waals surface area contributed by atoms with Crippen molar-refractivity contribution in [2.45, 2.75) is 24.8 Å². The molecular formula is C21H26FIN6S. The lowest BCUT2D eigenvalue weighted by atomic mass is 10.1. The molecule has 1 aromatic heterocycles. The topological polar surface area (TPSA) is 78.0 Å². The van der Waals surface area contributed by atoms with Crippen LogP contribution in [0.1, 0.15) is 18.9 Å². The SMILES string of the molecule is CCNC(=NCc1cccc(-c2ncn[nH]2)c1)NCCCSc1ccc(F)cc1.I. The van der Waals surface area contributed by atoms with Crippen LogP contribution in [0, 0.1) is 5.82 Å². The van der Waals surface area contributed by atoms with E-state index in [2.05, 4.69) is 36.9 Å². The maximum atomic E-state index is 12.9. The van der Waals surface area contributed by atoms with Gasteiger partial charge in [0.1, 0.15) is 12.1 Å². The van der Waals surface area contributed by atoms with Crippen molar-refractivity contribution in [3.05, 3.63) is 66.2 Å². The van der Waals surface area contributed by atoms with Crippen LogP contribution in [0.3, 0.4) is 0 Å². The summed E-state index contributed by atoms with van der Waals surface area (Å²) in [6.07, 6.45) is 2.48. The van der Waals surface area contributed by atoms with Crippen LogP contribution >= 0.6 is 35.7 Å². The first-order valence-corrected chi connectivity index (χ1v) is 10.6. The molecule has 0 radical (unpaired) electrons. The summed E-state index contributed by atoms with van der Waals surface area (Å²) in [6, 6.07) is 14.7. The summed E-state index contributed by atoms with van der Waals surface area (Å²) in [4.78, 5) is 9.94. The fourth-order valence-electron chi connectivity index (χ4n) is 2.67. The van der Waals surface area contributed by atoms with E-state index in [-0.39, 0.29) is 29.8 Å². The fourth-order valence-corrected chi connectivity index (χ4v) is 3.53. The zero-order valence-electron chi connectivity index (χ0n) is 16.8. The highest BCUT2D eigenvalue weighted by Crippen LogP contribution is 2.18. The normalized spacial score (nSPS) is 11.1. The predicted octanol–water partition coefficient (Wildman–Crippen LogP) is 4.47. The summed E-state index contributed by atoms with van der Waals surface area (Å²) in [7, 11) is 0. The number of aromatic amines is 1. The number of H-pyrrole nitrogens is 1. The maximum Gasteiger partial charge on any atom is 0.191 e. The van der Waals surface area contributed by atoms with Gasteiger partial charge in [-0.3, -0.25) is 5.10 Å². The van der Waals surface area contributed by atoms with Crippen LogP contribution in [0.5, 0.6) is 0 Å². The molecule has 0 bridgehead atoms. The summed E-state index contributed by atoms with van der Waals surface area (Å²) in [6.45, 7) is 4.24. The smallest absolute Gasteiger partial charge is 0.191 e. The zero-order chi connectivity index (χ0) is 20.3. The molecule has 0 unspecified atom stereocenters. The molecule has 0 saturated carbocycles. The van der Waals surface area contributed by atoms with Crippen molar-refractivity contribution in [2.75, 3.05) is 18.8 Å². The molecule has 0 aliphatic carbocycles. The molecular weight excluding hydrogens is 514 g/mol. The van der Waals surface area contributed by atoms with E-state index in [9.17, 15) is 4.39 Å². The molecule has 0 atom stereocenters. The lowest BCUT2D eigenvalue weighted by molar-refractivity contribution is 0.626. The Labute approximate surface area is 197 Å². The second-order valence-electron chi connectivity index (χ2n) is 6.31. The molecule has 30 heavy (non-hydrogen) atoms. The third-order valence-corrected chi connectivity index (χ3v) is 5.17. The Bertz CT molecular complexity index is 902. The monoisotopic (exact) mass is 540 g/mol. The summed E-state index contributed by atoms with van der Waals surface area (Å²) in [5, 5.41) is 13.4. The van der Waals surface area contributed by atoms with Crippen molar-refractivity contribution in [3.63, 3.8) is 0 Å². The Hall–Kier alpha value is -2.14. The minimum atomic E-state index is -0.200. The van der Waals surface area contributed by atoms with Gasteiger partial charge in [0.25, 0.3) is 0 Å². The molecule has 0 fully saturated rings. The van der Waals surface area contributed by atoms with Gasteiger partial charge in [0.15, 0.2) is 11.8 Å². The van der Waals surface area contributed by atoms with E-state index in [1.165, 1.54) is 18.5 Å². The number of halogens is 2. The predicted molar refractivity (Wildman–Crippen MR) is 132 cm³/mol. The maximum absolute atomic E-state index is 12.9. The number of rotatable bonds is 9. The molecule has 0 spiro atoms. The van der Waals surface area contributed by atoms with E-state index >= 15 is 0 Å². The van der Waals surface area contributed by atoms with Gasteiger partial charge in [-0.2, -0.15) is 5.10 Å². The zero-order valence-corrected chi connectivity index (χ0v) is 19.9. The molecule has 2 aromatic carbocycles. The Morgan fingerprint density at radius 2 is 2.00 bits per heavy atom. The van der Waals surface area contributed by atoms with E-state index in [1.807, 2.05) is 37.3 Å². The van der Waals surface area contributed by atoms with Gasteiger partial charge >= 0.3 is 0 Å². The molecule has 3 N–H and O–H groups in total. The van der Waals surface area contributed by atoms with Crippen LogP contribution in [0.4, 0.5) is 4.39 Å². The number of benzene rings is 2. The first kappa shape index (κ1) is 24.1. The number of thioether (sulfide) groups is 1. The first-order valence-electron chi connectivity index (χ1n) is 9.60. The van der Waals surface area contributed by atoms with E-state index in [0.717, 1.165) is 53.1 Å². The fraction of sp³-hybridized carbons (Fsp3) is 0.286.